The van der Waals surface area contributed by atoms with E-state index in [0.29, 0.717) is 22.5 Å². The number of thiazole rings is 1. The van der Waals surface area contributed by atoms with Crippen LogP contribution in [0.2, 0.25) is 9.36 Å². The zero-order chi connectivity index (χ0) is 13.0. The Balaban J connectivity index is 2.09. The maximum absolute atomic E-state index is 5.97. The number of rotatable bonds is 5. The highest BCUT2D eigenvalue weighted by Crippen LogP contribution is 2.29. The molecule has 1 aromatic carbocycles. The van der Waals surface area contributed by atoms with Crippen molar-refractivity contribution in [1.82, 2.24) is 4.98 Å². The summed E-state index contributed by atoms with van der Waals surface area (Å²) in [6.45, 7) is 3.15. The van der Waals surface area contributed by atoms with E-state index in [0.717, 1.165) is 16.4 Å². The molecule has 2 rings (SSSR count). The van der Waals surface area contributed by atoms with Crippen molar-refractivity contribution >= 4 is 40.2 Å². The van der Waals surface area contributed by atoms with Crippen molar-refractivity contribution in [1.29, 1.82) is 0 Å². The van der Waals surface area contributed by atoms with Gasteiger partial charge in [-0.25, -0.2) is 4.98 Å². The van der Waals surface area contributed by atoms with Gasteiger partial charge >= 0.3 is 0 Å². The highest BCUT2D eigenvalue weighted by molar-refractivity contribution is 7.15. The number of nitrogens with zero attached hydrogens (tertiary/aromatic N) is 1. The molecule has 0 unspecified atom stereocenters. The Morgan fingerprint density at radius 3 is 2.89 bits per heavy atom. The quantitative estimate of drug-likeness (QED) is 0.885. The summed E-state index contributed by atoms with van der Waals surface area (Å²) in [7, 11) is 0. The lowest BCUT2D eigenvalue weighted by molar-refractivity contribution is 0.341. The molecule has 0 bridgehead atoms. The van der Waals surface area contributed by atoms with Gasteiger partial charge in [-0.3, -0.25) is 0 Å². The molecule has 6 heteroatoms. The Bertz CT molecular complexity index is 531. The van der Waals surface area contributed by atoms with Gasteiger partial charge in [0.15, 0.2) is 0 Å². The number of anilines is 1. The smallest absolute Gasteiger partial charge is 0.142 e. The van der Waals surface area contributed by atoms with Crippen LogP contribution in [0.25, 0.3) is 0 Å². The Labute approximate surface area is 120 Å². The first-order valence-corrected chi connectivity index (χ1v) is 7.02. The fraction of sp³-hybridized carbons (Fsp3) is 0.250. The van der Waals surface area contributed by atoms with Gasteiger partial charge in [0.25, 0.3) is 0 Å². The van der Waals surface area contributed by atoms with Crippen molar-refractivity contribution in [3.63, 3.8) is 0 Å². The number of aromatic nitrogens is 1. The summed E-state index contributed by atoms with van der Waals surface area (Å²) in [5.74, 6) is 0.782. The molecule has 0 saturated carbocycles. The Kier molecular flexibility index (Phi) is 4.69. The molecular formula is C12H12Cl2N2OS. The monoisotopic (exact) mass is 302 g/mol. The van der Waals surface area contributed by atoms with E-state index in [2.05, 4.69) is 10.3 Å². The summed E-state index contributed by atoms with van der Waals surface area (Å²) in [4.78, 5) is 4.18. The minimum Gasteiger partial charge on any atom is -0.492 e. The van der Waals surface area contributed by atoms with E-state index < -0.39 is 0 Å². The van der Waals surface area contributed by atoms with Crippen LogP contribution in [0.15, 0.2) is 24.4 Å². The molecule has 1 aromatic heterocycles. The molecule has 0 radical (unpaired) electrons. The van der Waals surface area contributed by atoms with E-state index in [1.54, 1.807) is 12.3 Å². The van der Waals surface area contributed by atoms with Crippen molar-refractivity contribution in [2.75, 3.05) is 11.9 Å². The third-order valence-corrected chi connectivity index (χ3v) is 3.55. The molecule has 0 saturated heterocycles. The molecule has 0 spiro atoms. The molecule has 0 amide bonds. The fourth-order valence-electron chi connectivity index (χ4n) is 1.46. The minimum atomic E-state index is 0.595. The van der Waals surface area contributed by atoms with E-state index in [1.807, 2.05) is 19.1 Å². The average Bonchev–Trinajstić information content (AvgIpc) is 2.76. The molecule has 1 N–H and O–H groups in total. The number of ether oxygens (including phenoxy) is 1. The minimum absolute atomic E-state index is 0.595. The molecule has 3 nitrogen and oxygen atoms in total. The molecule has 0 aliphatic rings. The predicted octanol–water partition coefficient (Wildman–Crippen LogP) is 4.46. The van der Waals surface area contributed by atoms with Crippen molar-refractivity contribution in [3.05, 3.63) is 38.8 Å². The molecule has 0 fully saturated rings. The van der Waals surface area contributed by atoms with Gasteiger partial charge in [-0.2, -0.15) is 0 Å². The predicted molar refractivity (Wildman–Crippen MR) is 77.1 cm³/mol. The number of benzene rings is 1. The third-order valence-electron chi connectivity index (χ3n) is 2.20. The van der Waals surface area contributed by atoms with Crippen LogP contribution in [0.1, 0.15) is 11.9 Å². The average molecular weight is 303 g/mol. The first-order chi connectivity index (χ1) is 8.69. The van der Waals surface area contributed by atoms with Gasteiger partial charge in [0.05, 0.1) is 25.0 Å². The third kappa shape index (κ3) is 3.51. The second-order valence-corrected chi connectivity index (χ2v) is 5.67. The van der Waals surface area contributed by atoms with Gasteiger partial charge in [0.2, 0.25) is 0 Å². The summed E-state index contributed by atoms with van der Waals surface area (Å²) in [6, 6.07) is 5.49. The number of halogens is 2. The zero-order valence-corrected chi connectivity index (χ0v) is 12.1. The molecule has 0 atom stereocenters. The lowest BCUT2D eigenvalue weighted by atomic mass is 10.3. The maximum Gasteiger partial charge on any atom is 0.142 e. The van der Waals surface area contributed by atoms with Crippen molar-refractivity contribution in [2.45, 2.75) is 13.5 Å². The van der Waals surface area contributed by atoms with Gasteiger partial charge in [0.1, 0.15) is 15.1 Å². The van der Waals surface area contributed by atoms with Gasteiger partial charge in [-0.15, -0.1) is 11.3 Å². The molecular weight excluding hydrogens is 291 g/mol. The number of nitrogens with one attached hydrogen (secondary N) is 1. The van der Waals surface area contributed by atoms with Crippen molar-refractivity contribution < 1.29 is 4.74 Å². The van der Waals surface area contributed by atoms with Crippen LogP contribution in [0.3, 0.4) is 0 Å². The molecule has 2 aromatic rings. The summed E-state index contributed by atoms with van der Waals surface area (Å²) in [5.41, 5.74) is 0.857. The zero-order valence-electron chi connectivity index (χ0n) is 9.74. The second kappa shape index (κ2) is 6.27. The van der Waals surface area contributed by atoms with E-state index in [4.69, 9.17) is 27.9 Å². The van der Waals surface area contributed by atoms with Crippen LogP contribution < -0.4 is 10.1 Å². The van der Waals surface area contributed by atoms with E-state index in [-0.39, 0.29) is 0 Å². The summed E-state index contributed by atoms with van der Waals surface area (Å²) >= 11 is 13.3. The first kappa shape index (κ1) is 13.5. The number of hydrogen-bond acceptors (Lipinski definition) is 4. The van der Waals surface area contributed by atoms with E-state index in [9.17, 15) is 0 Å². The normalized spacial score (nSPS) is 10.4. The van der Waals surface area contributed by atoms with Crippen LogP contribution in [0.4, 0.5) is 5.69 Å². The Morgan fingerprint density at radius 1 is 1.39 bits per heavy atom. The van der Waals surface area contributed by atoms with Gasteiger partial charge in [0, 0.05) is 5.02 Å². The Morgan fingerprint density at radius 2 is 2.22 bits per heavy atom. The standard InChI is InChI=1S/C12H12Cl2N2OS/c1-2-17-10-4-3-8(13)5-9(10)15-7-12-16-6-11(14)18-12/h3-6,15H,2,7H2,1H3. The van der Waals surface area contributed by atoms with Crippen molar-refractivity contribution in [2.24, 2.45) is 0 Å². The Hall–Kier alpha value is -0.970. The highest BCUT2D eigenvalue weighted by Gasteiger charge is 2.06. The van der Waals surface area contributed by atoms with Gasteiger partial charge in [-0.05, 0) is 25.1 Å². The SMILES string of the molecule is CCOc1ccc(Cl)cc1NCc1ncc(Cl)s1. The van der Waals surface area contributed by atoms with Crippen LogP contribution >= 0.6 is 34.5 Å². The van der Waals surface area contributed by atoms with Gasteiger partial charge in [-0.1, -0.05) is 23.2 Å². The van der Waals surface area contributed by atoms with E-state index >= 15 is 0 Å². The molecule has 96 valence electrons. The first-order valence-electron chi connectivity index (χ1n) is 5.45. The molecule has 18 heavy (non-hydrogen) atoms. The van der Waals surface area contributed by atoms with Crippen molar-refractivity contribution in [3.8, 4) is 5.75 Å². The van der Waals surface area contributed by atoms with Crippen LogP contribution in [-0.2, 0) is 6.54 Å². The second-order valence-electron chi connectivity index (χ2n) is 3.49. The largest absolute Gasteiger partial charge is 0.492 e. The number of hydrogen-bond donors (Lipinski definition) is 1. The maximum atomic E-state index is 5.97. The molecule has 0 aliphatic heterocycles. The molecule has 0 aliphatic carbocycles. The lowest BCUT2D eigenvalue weighted by Gasteiger charge is -2.11. The highest BCUT2D eigenvalue weighted by atomic mass is 35.5. The van der Waals surface area contributed by atoms with Gasteiger partial charge < -0.3 is 10.1 Å². The van der Waals surface area contributed by atoms with Crippen LogP contribution in [0.5, 0.6) is 5.75 Å². The molecule has 1 heterocycles. The summed E-state index contributed by atoms with van der Waals surface area (Å²) < 4.78 is 6.20. The van der Waals surface area contributed by atoms with E-state index in [1.165, 1.54) is 11.3 Å². The fourth-order valence-corrected chi connectivity index (χ4v) is 2.53. The topological polar surface area (TPSA) is 34.1 Å². The summed E-state index contributed by atoms with van der Waals surface area (Å²) in [6.07, 6.45) is 1.64. The van der Waals surface area contributed by atoms with Crippen LogP contribution in [-0.4, -0.2) is 11.6 Å². The summed E-state index contributed by atoms with van der Waals surface area (Å²) in [5, 5.41) is 4.83. The van der Waals surface area contributed by atoms with Crippen LogP contribution in [0, 0.1) is 0 Å². The lowest BCUT2D eigenvalue weighted by Crippen LogP contribution is -2.02.